The fourth-order valence-corrected chi connectivity index (χ4v) is 1.95. The van der Waals surface area contributed by atoms with E-state index in [4.69, 9.17) is 16.3 Å². The summed E-state index contributed by atoms with van der Waals surface area (Å²) in [6, 6.07) is 8.30. The second kappa shape index (κ2) is 8.51. The summed E-state index contributed by atoms with van der Waals surface area (Å²) in [5.41, 5.74) is 1.22. The Kier molecular flexibility index (Phi) is 7.25. The van der Waals surface area contributed by atoms with E-state index < -0.39 is 0 Å². The largest absolute Gasteiger partial charge is 0.381 e. The first-order chi connectivity index (χ1) is 8.27. The van der Waals surface area contributed by atoms with E-state index >= 15 is 0 Å². The molecule has 96 valence electrons. The quantitative estimate of drug-likeness (QED) is 0.714. The third-order valence-corrected chi connectivity index (χ3v) is 3.03. The topological polar surface area (TPSA) is 21.3 Å². The lowest BCUT2D eigenvalue weighted by molar-refractivity contribution is 0.122. The Bertz CT molecular complexity index is 317. The molecule has 17 heavy (non-hydrogen) atoms. The Morgan fingerprint density at radius 3 is 2.82 bits per heavy atom. The minimum absolute atomic E-state index is 0.315. The van der Waals surface area contributed by atoms with Gasteiger partial charge in [0.25, 0.3) is 0 Å². The van der Waals surface area contributed by atoms with Crippen LogP contribution in [0.25, 0.3) is 0 Å². The molecule has 1 unspecified atom stereocenters. The molecule has 1 atom stereocenters. The van der Waals surface area contributed by atoms with Crippen LogP contribution in [0.1, 0.15) is 37.8 Å². The van der Waals surface area contributed by atoms with Gasteiger partial charge in [0.1, 0.15) is 0 Å². The highest BCUT2D eigenvalue weighted by Gasteiger charge is 2.08. The zero-order valence-electron chi connectivity index (χ0n) is 10.7. The number of hydrogen-bond acceptors (Lipinski definition) is 2. The first kappa shape index (κ1) is 14.5. The lowest BCUT2D eigenvalue weighted by Gasteiger charge is -2.16. The van der Waals surface area contributed by atoms with Crippen LogP contribution in [0.15, 0.2) is 24.3 Å². The fourth-order valence-electron chi connectivity index (χ4n) is 1.75. The van der Waals surface area contributed by atoms with E-state index in [1.165, 1.54) is 12.0 Å². The molecule has 1 aromatic carbocycles. The molecule has 2 nitrogen and oxygen atoms in total. The average Bonchev–Trinajstić information content (AvgIpc) is 2.34. The summed E-state index contributed by atoms with van der Waals surface area (Å²) < 4.78 is 5.59. The molecule has 0 aromatic heterocycles. The van der Waals surface area contributed by atoms with Crippen LogP contribution < -0.4 is 5.32 Å². The molecule has 0 saturated carbocycles. The van der Waals surface area contributed by atoms with Gasteiger partial charge in [-0.1, -0.05) is 37.1 Å². The fraction of sp³-hybridized carbons (Fsp3) is 0.571. The molecule has 1 aromatic rings. The zero-order chi connectivity index (χ0) is 12.5. The molecule has 0 fully saturated rings. The first-order valence-corrected chi connectivity index (χ1v) is 6.66. The van der Waals surface area contributed by atoms with E-state index in [-0.39, 0.29) is 0 Å². The number of nitrogens with one attached hydrogen (secondary N) is 1. The Hall–Kier alpha value is -0.570. The minimum atomic E-state index is 0.315. The normalized spacial score (nSPS) is 12.6. The summed E-state index contributed by atoms with van der Waals surface area (Å²) in [6.07, 6.45) is 3.30. The molecule has 0 saturated heterocycles. The summed E-state index contributed by atoms with van der Waals surface area (Å²) in [5.74, 6) is 0. The van der Waals surface area contributed by atoms with Crippen LogP contribution in [0.2, 0.25) is 5.02 Å². The van der Waals surface area contributed by atoms with Crippen LogP contribution in [-0.2, 0) is 4.74 Å². The molecule has 3 heteroatoms. The van der Waals surface area contributed by atoms with Gasteiger partial charge in [0.05, 0.1) is 0 Å². The van der Waals surface area contributed by atoms with Crippen LogP contribution in [-0.4, -0.2) is 20.3 Å². The molecule has 1 N–H and O–H groups in total. The number of ether oxygens (including phenoxy) is 1. The second-order valence-electron chi connectivity index (χ2n) is 4.15. The van der Waals surface area contributed by atoms with Crippen molar-refractivity contribution >= 4 is 11.6 Å². The number of benzene rings is 1. The smallest absolute Gasteiger partial charge is 0.0484 e. The average molecular weight is 256 g/mol. The van der Waals surface area contributed by atoms with Gasteiger partial charge < -0.3 is 10.1 Å². The number of halogens is 1. The lowest BCUT2D eigenvalue weighted by Crippen LogP contribution is -2.18. The molecular formula is C14H22ClNO. The van der Waals surface area contributed by atoms with Crippen LogP contribution in [0.5, 0.6) is 0 Å². The van der Waals surface area contributed by atoms with Crippen molar-refractivity contribution in [3.8, 4) is 0 Å². The predicted molar refractivity (Wildman–Crippen MR) is 73.6 cm³/mol. The zero-order valence-corrected chi connectivity index (χ0v) is 11.5. The molecule has 0 aliphatic heterocycles. The van der Waals surface area contributed by atoms with Crippen molar-refractivity contribution in [1.29, 1.82) is 0 Å². The van der Waals surface area contributed by atoms with Crippen LogP contribution in [0.3, 0.4) is 0 Å². The van der Waals surface area contributed by atoms with E-state index in [9.17, 15) is 0 Å². The number of rotatable bonds is 8. The highest BCUT2D eigenvalue weighted by Crippen LogP contribution is 2.20. The van der Waals surface area contributed by atoms with Gasteiger partial charge in [0, 0.05) is 24.3 Å². The standard InChI is InChI=1S/C14H22ClNO/c1-3-4-9-17-10-8-14(16-2)12-6-5-7-13(15)11-12/h5-7,11,14,16H,3-4,8-10H2,1-2H3. The third kappa shape index (κ3) is 5.53. The maximum Gasteiger partial charge on any atom is 0.0484 e. The summed E-state index contributed by atoms with van der Waals surface area (Å²) in [5, 5.41) is 4.08. The lowest BCUT2D eigenvalue weighted by atomic mass is 10.0. The molecule has 0 aliphatic carbocycles. The first-order valence-electron chi connectivity index (χ1n) is 6.28. The van der Waals surface area contributed by atoms with E-state index in [1.54, 1.807) is 0 Å². The molecule has 0 aliphatic rings. The minimum Gasteiger partial charge on any atom is -0.381 e. The molecule has 0 spiro atoms. The summed E-state index contributed by atoms with van der Waals surface area (Å²) in [6.45, 7) is 3.83. The van der Waals surface area contributed by atoms with Gasteiger partial charge in [-0.25, -0.2) is 0 Å². The summed E-state index contributed by atoms with van der Waals surface area (Å²) >= 11 is 5.99. The van der Waals surface area contributed by atoms with Gasteiger partial charge in [-0.15, -0.1) is 0 Å². The maximum absolute atomic E-state index is 5.99. The van der Waals surface area contributed by atoms with Crippen molar-refractivity contribution in [2.45, 2.75) is 32.2 Å². The Labute approximate surface area is 109 Å². The van der Waals surface area contributed by atoms with E-state index in [2.05, 4.69) is 18.3 Å². The van der Waals surface area contributed by atoms with Crippen molar-refractivity contribution < 1.29 is 4.74 Å². The second-order valence-corrected chi connectivity index (χ2v) is 4.59. The van der Waals surface area contributed by atoms with Crippen LogP contribution in [0, 0.1) is 0 Å². The highest BCUT2D eigenvalue weighted by atomic mass is 35.5. The molecule has 0 heterocycles. The Morgan fingerprint density at radius 1 is 1.35 bits per heavy atom. The Balaban J connectivity index is 2.38. The van der Waals surface area contributed by atoms with Gasteiger partial charge >= 0.3 is 0 Å². The van der Waals surface area contributed by atoms with Crippen molar-refractivity contribution in [2.24, 2.45) is 0 Å². The summed E-state index contributed by atoms with van der Waals surface area (Å²) in [4.78, 5) is 0. The molecule has 0 radical (unpaired) electrons. The van der Waals surface area contributed by atoms with Gasteiger partial charge in [0.2, 0.25) is 0 Å². The van der Waals surface area contributed by atoms with Crippen molar-refractivity contribution in [3.63, 3.8) is 0 Å². The van der Waals surface area contributed by atoms with E-state index in [1.807, 2.05) is 25.2 Å². The highest BCUT2D eigenvalue weighted by molar-refractivity contribution is 6.30. The predicted octanol–water partition coefficient (Wildman–Crippen LogP) is 3.81. The SMILES string of the molecule is CCCCOCCC(NC)c1cccc(Cl)c1. The van der Waals surface area contributed by atoms with Crippen molar-refractivity contribution in [2.75, 3.05) is 20.3 Å². The van der Waals surface area contributed by atoms with Gasteiger partial charge in [-0.3, -0.25) is 0 Å². The van der Waals surface area contributed by atoms with E-state index in [0.717, 1.165) is 31.1 Å². The molecule has 1 rings (SSSR count). The van der Waals surface area contributed by atoms with Gasteiger partial charge in [0.15, 0.2) is 0 Å². The van der Waals surface area contributed by atoms with Crippen LogP contribution in [0.4, 0.5) is 0 Å². The van der Waals surface area contributed by atoms with Crippen molar-refractivity contribution in [3.05, 3.63) is 34.9 Å². The summed E-state index contributed by atoms with van der Waals surface area (Å²) in [7, 11) is 1.97. The molecular weight excluding hydrogens is 234 g/mol. The Morgan fingerprint density at radius 2 is 2.18 bits per heavy atom. The van der Waals surface area contributed by atoms with Gasteiger partial charge in [-0.2, -0.15) is 0 Å². The molecule has 0 bridgehead atoms. The maximum atomic E-state index is 5.99. The van der Waals surface area contributed by atoms with Crippen molar-refractivity contribution in [1.82, 2.24) is 5.32 Å². The monoisotopic (exact) mass is 255 g/mol. The third-order valence-electron chi connectivity index (χ3n) is 2.79. The number of hydrogen-bond donors (Lipinski definition) is 1. The van der Waals surface area contributed by atoms with Crippen LogP contribution >= 0.6 is 11.6 Å². The number of unbranched alkanes of at least 4 members (excludes halogenated alkanes) is 1. The molecule has 0 amide bonds. The van der Waals surface area contributed by atoms with E-state index in [0.29, 0.717) is 6.04 Å². The van der Waals surface area contributed by atoms with Gasteiger partial charge in [-0.05, 0) is 37.6 Å².